The molecule has 1 aliphatic rings. The topological polar surface area (TPSA) is 35.5 Å². The summed E-state index contributed by atoms with van der Waals surface area (Å²) in [6.07, 6.45) is 1.58. The van der Waals surface area contributed by atoms with Gasteiger partial charge in [0.2, 0.25) is 0 Å². The molecular weight excluding hydrogens is 204 g/mol. The van der Waals surface area contributed by atoms with Gasteiger partial charge in [0.15, 0.2) is 5.75 Å². The van der Waals surface area contributed by atoms with Gasteiger partial charge >= 0.3 is 0 Å². The maximum Gasteiger partial charge on any atom is 0.252 e. The van der Waals surface area contributed by atoms with Gasteiger partial charge in [0, 0.05) is 11.1 Å². The van der Waals surface area contributed by atoms with Gasteiger partial charge in [-0.25, -0.2) is 0 Å². The third-order valence-electron chi connectivity index (χ3n) is 2.15. The maximum absolute atomic E-state index is 11.1. The van der Waals surface area contributed by atoms with Gasteiger partial charge in [-0.1, -0.05) is 6.07 Å². The lowest BCUT2D eigenvalue weighted by molar-refractivity contribution is -0.203. The van der Waals surface area contributed by atoms with E-state index in [9.17, 15) is 4.79 Å². The minimum atomic E-state index is -0.452. The van der Waals surface area contributed by atoms with Gasteiger partial charge < -0.3 is 4.89 Å². The van der Waals surface area contributed by atoms with E-state index in [1.807, 2.05) is 0 Å². The quantitative estimate of drug-likeness (QED) is 0.530. The van der Waals surface area contributed by atoms with Crippen molar-refractivity contribution < 1.29 is 14.6 Å². The minimum Gasteiger partial charge on any atom is -0.337 e. The Morgan fingerprint density at radius 3 is 3.07 bits per heavy atom. The highest BCUT2D eigenvalue weighted by Crippen LogP contribution is 2.27. The second-order valence-electron chi connectivity index (χ2n) is 3.06. The highest BCUT2D eigenvalue weighted by atomic mass is 35.5. The Morgan fingerprint density at radius 1 is 1.43 bits per heavy atom. The van der Waals surface area contributed by atoms with Crippen molar-refractivity contribution in [1.29, 1.82) is 0 Å². The van der Waals surface area contributed by atoms with Gasteiger partial charge in [-0.15, -0.1) is 0 Å². The van der Waals surface area contributed by atoms with E-state index in [0.717, 1.165) is 18.4 Å². The zero-order valence-electron chi connectivity index (χ0n) is 7.46. The van der Waals surface area contributed by atoms with Gasteiger partial charge in [0.25, 0.3) is 5.24 Å². The third-order valence-corrected chi connectivity index (χ3v) is 2.35. The molecule has 1 heterocycles. The van der Waals surface area contributed by atoms with Crippen molar-refractivity contribution in [3.05, 3.63) is 29.3 Å². The molecule has 0 spiro atoms. The second kappa shape index (κ2) is 3.98. The smallest absolute Gasteiger partial charge is 0.252 e. The number of hydrogen-bond acceptors (Lipinski definition) is 3. The molecule has 0 N–H and O–H groups in total. The van der Waals surface area contributed by atoms with Crippen LogP contribution in [0.1, 0.15) is 22.3 Å². The summed E-state index contributed by atoms with van der Waals surface area (Å²) in [6, 6.07) is 5.19. The van der Waals surface area contributed by atoms with Crippen molar-refractivity contribution in [2.24, 2.45) is 0 Å². The number of carbonyl (C=O) groups excluding carboxylic acids is 1. The van der Waals surface area contributed by atoms with Crippen molar-refractivity contribution in [3.8, 4) is 5.75 Å². The Kier molecular flexibility index (Phi) is 2.70. The van der Waals surface area contributed by atoms with E-state index in [2.05, 4.69) is 0 Å². The summed E-state index contributed by atoms with van der Waals surface area (Å²) in [7, 11) is 0. The summed E-state index contributed by atoms with van der Waals surface area (Å²) < 4.78 is 0. The van der Waals surface area contributed by atoms with Gasteiger partial charge in [-0.3, -0.25) is 4.79 Å². The normalized spacial score (nSPS) is 15.2. The number of fused-ring (bicyclic) bond motifs is 1. The summed E-state index contributed by atoms with van der Waals surface area (Å²) in [6.45, 7) is 0.532. The van der Waals surface area contributed by atoms with Crippen molar-refractivity contribution in [3.63, 3.8) is 0 Å². The number of rotatable bonds is 1. The second-order valence-corrected chi connectivity index (χ2v) is 3.41. The lowest BCUT2D eigenvalue weighted by Gasteiger charge is -2.06. The predicted octanol–water partition coefficient (Wildman–Crippen LogP) is 2.32. The van der Waals surface area contributed by atoms with Crippen LogP contribution in [0.2, 0.25) is 0 Å². The van der Waals surface area contributed by atoms with E-state index >= 15 is 0 Å². The molecule has 0 aliphatic carbocycles. The van der Waals surface area contributed by atoms with Crippen molar-refractivity contribution in [2.75, 3.05) is 6.61 Å². The Morgan fingerprint density at radius 2 is 2.29 bits per heavy atom. The van der Waals surface area contributed by atoms with Crippen LogP contribution < -0.4 is 4.89 Å². The maximum atomic E-state index is 11.1. The highest BCUT2D eigenvalue weighted by Gasteiger charge is 2.16. The number of hydrogen-bond donors (Lipinski definition) is 0. The van der Waals surface area contributed by atoms with Crippen LogP contribution in [0.25, 0.3) is 0 Å². The van der Waals surface area contributed by atoms with Gasteiger partial charge in [-0.05, 0) is 36.6 Å². The highest BCUT2D eigenvalue weighted by molar-refractivity contribution is 6.68. The molecule has 0 fully saturated rings. The number of halogens is 1. The molecule has 0 atom stereocenters. The van der Waals surface area contributed by atoms with Crippen molar-refractivity contribution in [2.45, 2.75) is 12.8 Å². The molecule has 0 saturated heterocycles. The summed E-state index contributed by atoms with van der Waals surface area (Å²) in [5.74, 6) is 0.592. The van der Waals surface area contributed by atoms with Gasteiger partial charge in [0.05, 0.1) is 6.61 Å². The third kappa shape index (κ3) is 1.74. The monoisotopic (exact) mass is 212 g/mol. The fourth-order valence-corrected chi connectivity index (χ4v) is 1.68. The molecule has 0 unspecified atom stereocenters. The lowest BCUT2D eigenvalue weighted by Crippen LogP contribution is -1.99. The molecular formula is C10H9ClO3. The van der Waals surface area contributed by atoms with E-state index in [0.29, 0.717) is 17.9 Å². The Labute approximate surface area is 86.5 Å². The molecule has 0 aromatic heterocycles. The van der Waals surface area contributed by atoms with Crippen molar-refractivity contribution in [1.82, 2.24) is 0 Å². The van der Waals surface area contributed by atoms with E-state index in [4.69, 9.17) is 21.4 Å². The average Bonchev–Trinajstić information content (AvgIpc) is 2.41. The SMILES string of the molecule is O=C(Cl)c1cccc2c1CCCOO2. The summed E-state index contributed by atoms with van der Waals surface area (Å²) in [5.41, 5.74) is 1.35. The van der Waals surface area contributed by atoms with Crippen LogP contribution >= 0.6 is 11.6 Å². The zero-order valence-corrected chi connectivity index (χ0v) is 8.21. The Hall–Kier alpha value is -1.06. The zero-order chi connectivity index (χ0) is 9.97. The van der Waals surface area contributed by atoms with Gasteiger partial charge in [-0.2, -0.15) is 4.89 Å². The first-order valence-electron chi connectivity index (χ1n) is 4.40. The van der Waals surface area contributed by atoms with Crippen LogP contribution in [0.3, 0.4) is 0 Å². The molecule has 0 amide bonds. The number of carbonyl (C=O) groups is 1. The largest absolute Gasteiger partial charge is 0.337 e. The first-order chi connectivity index (χ1) is 6.79. The molecule has 74 valence electrons. The fraction of sp³-hybridized carbons (Fsp3) is 0.300. The van der Waals surface area contributed by atoms with Crippen LogP contribution in [-0.4, -0.2) is 11.8 Å². The molecule has 0 radical (unpaired) electrons. The van der Waals surface area contributed by atoms with Crippen LogP contribution in [0.5, 0.6) is 5.75 Å². The minimum absolute atomic E-state index is 0.452. The van der Waals surface area contributed by atoms with E-state index in [1.165, 1.54) is 0 Å². The molecule has 2 rings (SSSR count). The average molecular weight is 213 g/mol. The summed E-state index contributed by atoms with van der Waals surface area (Å²) in [4.78, 5) is 21.0. The molecule has 1 aliphatic heterocycles. The van der Waals surface area contributed by atoms with Crippen molar-refractivity contribution >= 4 is 16.8 Å². The molecule has 0 bridgehead atoms. The van der Waals surface area contributed by atoms with Gasteiger partial charge in [0.1, 0.15) is 0 Å². The van der Waals surface area contributed by atoms with Crippen LogP contribution in [0.15, 0.2) is 18.2 Å². The summed E-state index contributed by atoms with van der Waals surface area (Å²) in [5, 5.41) is -0.452. The molecule has 1 aromatic carbocycles. The first-order valence-corrected chi connectivity index (χ1v) is 4.78. The fourth-order valence-electron chi connectivity index (χ4n) is 1.50. The van der Waals surface area contributed by atoms with E-state index in [1.54, 1.807) is 18.2 Å². The van der Waals surface area contributed by atoms with E-state index < -0.39 is 5.24 Å². The molecule has 3 nitrogen and oxygen atoms in total. The first kappa shape index (κ1) is 9.49. The number of benzene rings is 1. The Bertz CT molecular complexity index is 362. The van der Waals surface area contributed by atoms with Crippen LogP contribution in [-0.2, 0) is 11.3 Å². The molecule has 14 heavy (non-hydrogen) atoms. The predicted molar refractivity (Wildman–Crippen MR) is 51.5 cm³/mol. The summed E-state index contributed by atoms with van der Waals surface area (Å²) >= 11 is 5.46. The molecule has 4 heteroatoms. The molecule has 0 saturated carbocycles. The lowest BCUT2D eigenvalue weighted by atomic mass is 10.0. The van der Waals surface area contributed by atoms with Crippen LogP contribution in [0.4, 0.5) is 0 Å². The van der Waals surface area contributed by atoms with E-state index in [-0.39, 0.29) is 0 Å². The molecule has 1 aromatic rings. The van der Waals surface area contributed by atoms with Crippen LogP contribution in [0, 0.1) is 0 Å². The Balaban J connectivity index is 2.47. The standard InChI is InChI=1S/C10H9ClO3/c11-10(12)8-3-1-5-9-7(8)4-2-6-13-14-9/h1,3,5H,2,4,6H2.